The normalized spacial score (nSPS) is 15.1. The van der Waals surface area contributed by atoms with Gasteiger partial charge in [0.2, 0.25) is 0 Å². The Balaban J connectivity index is 2.20. The molecule has 2 aromatic carbocycles. The first-order valence-corrected chi connectivity index (χ1v) is 8.07. The van der Waals surface area contributed by atoms with Gasteiger partial charge in [-0.05, 0) is 29.8 Å². The lowest BCUT2D eigenvalue weighted by atomic mass is 9.95. The monoisotopic (exact) mass is 388 g/mol. The summed E-state index contributed by atoms with van der Waals surface area (Å²) in [4.78, 5) is 0. The molecule has 0 aromatic heterocycles. The summed E-state index contributed by atoms with van der Waals surface area (Å²) in [5.74, 6) is 7.34. The van der Waals surface area contributed by atoms with Crippen LogP contribution in [-0.2, 0) is 6.42 Å². The molecule has 1 aliphatic heterocycles. The molecule has 24 heavy (non-hydrogen) atoms. The maximum atomic E-state index is 5.45. The van der Waals surface area contributed by atoms with Crippen molar-refractivity contribution in [2.45, 2.75) is 6.42 Å². The zero-order valence-corrected chi connectivity index (χ0v) is 14.9. The number of nitrogens with two attached hydrogens (primary N) is 1. The standard InChI is InChI=1S/C17H17BrN4O2/c1-23-14-7-11-8-16(20-19)21-22-17(13(11)9-15(14)24-2)10-3-5-12(18)6-4-10/h3-7,9H,8,19H2,1-2H3,(H,20,21). The van der Waals surface area contributed by atoms with Gasteiger partial charge < -0.3 is 15.3 Å². The quantitative estimate of drug-likeness (QED) is 0.625. The number of ether oxygens (including phenoxy) is 2. The zero-order valence-electron chi connectivity index (χ0n) is 13.3. The van der Waals surface area contributed by atoms with Crippen molar-refractivity contribution in [1.29, 1.82) is 0 Å². The number of fused-ring (bicyclic) bond motifs is 1. The van der Waals surface area contributed by atoms with Crippen molar-refractivity contribution in [1.82, 2.24) is 5.43 Å². The molecule has 0 radical (unpaired) electrons. The molecule has 0 spiro atoms. The number of nitrogens with zero attached hydrogens (tertiary/aromatic N) is 2. The van der Waals surface area contributed by atoms with Gasteiger partial charge in [-0.15, -0.1) is 0 Å². The molecule has 7 heteroatoms. The maximum Gasteiger partial charge on any atom is 0.161 e. The Morgan fingerprint density at radius 1 is 1.12 bits per heavy atom. The van der Waals surface area contributed by atoms with Gasteiger partial charge in [0.1, 0.15) is 5.84 Å². The fourth-order valence-electron chi connectivity index (χ4n) is 2.59. The van der Waals surface area contributed by atoms with E-state index in [0.29, 0.717) is 23.8 Å². The van der Waals surface area contributed by atoms with E-state index >= 15 is 0 Å². The number of halogens is 1. The molecule has 3 rings (SSSR count). The first-order valence-electron chi connectivity index (χ1n) is 7.28. The van der Waals surface area contributed by atoms with Crippen LogP contribution in [0.4, 0.5) is 0 Å². The van der Waals surface area contributed by atoms with E-state index in [9.17, 15) is 0 Å². The van der Waals surface area contributed by atoms with E-state index in [1.807, 2.05) is 36.4 Å². The van der Waals surface area contributed by atoms with Crippen LogP contribution in [0.2, 0.25) is 0 Å². The van der Waals surface area contributed by atoms with Crippen molar-refractivity contribution in [3.05, 3.63) is 57.6 Å². The fraction of sp³-hybridized carbons (Fsp3) is 0.176. The molecule has 0 atom stereocenters. The van der Waals surface area contributed by atoms with Gasteiger partial charge in [0.05, 0.1) is 19.9 Å². The van der Waals surface area contributed by atoms with E-state index in [1.165, 1.54) is 0 Å². The van der Waals surface area contributed by atoms with Crippen molar-refractivity contribution >= 4 is 27.5 Å². The first-order chi connectivity index (χ1) is 11.7. The lowest BCUT2D eigenvalue weighted by Crippen LogP contribution is -2.21. The van der Waals surface area contributed by atoms with Crippen LogP contribution in [0.5, 0.6) is 11.5 Å². The van der Waals surface area contributed by atoms with Gasteiger partial charge in [-0.1, -0.05) is 28.1 Å². The third-order valence-electron chi connectivity index (χ3n) is 3.79. The molecule has 2 aromatic rings. The van der Waals surface area contributed by atoms with Crippen LogP contribution in [0.25, 0.3) is 0 Å². The van der Waals surface area contributed by atoms with E-state index in [2.05, 4.69) is 31.6 Å². The van der Waals surface area contributed by atoms with Crippen LogP contribution < -0.4 is 20.7 Å². The summed E-state index contributed by atoms with van der Waals surface area (Å²) in [5, 5.41) is 8.26. The largest absolute Gasteiger partial charge is 0.493 e. The van der Waals surface area contributed by atoms with E-state index in [4.69, 9.17) is 15.3 Å². The summed E-state index contributed by atoms with van der Waals surface area (Å²) in [6, 6.07) is 11.8. The van der Waals surface area contributed by atoms with E-state index in [0.717, 1.165) is 26.9 Å². The molecule has 0 saturated heterocycles. The van der Waals surface area contributed by atoms with Crippen LogP contribution in [0.1, 0.15) is 16.7 Å². The van der Waals surface area contributed by atoms with Crippen LogP contribution in [0.15, 0.2) is 51.1 Å². The topological polar surface area (TPSA) is 81.2 Å². The van der Waals surface area contributed by atoms with Gasteiger partial charge in [-0.3, -0.25) is 5.43 Å². The lowest BCUT2D eigenvalue weighted by Gasteiger charge is -2.14. The number of rotatable bonds is 3. The molecule has 0 saturated carbocycles. The zero-order chi connectivity index (χ0) is 17.1. The average Bonchev–Trinajstić information content (AvgIpc) is 2.79. The molecule has 6 nitrogen and oxygen atoms in total. The second-order valence-corrected chi connectivity index (χ2v) is 6.11. The molecule has 1 aliphatic rings. The number of hydrazone groups is 2. The molecule has 3 N–H and O–H groups in total. The van der Waals surface area contributed by atoms with Crippen molar-refractivity contribution in [2.24, 2.45) is 16.0 Å². The SMILES string of the molecule is COc1cc2c(cc1OC)C(c1ccc(Br)cc1)=NN/C(=N\N)C2. The average molecular weight is 389 g/mol. The number of nitrogens with one attached hydrogen (secondary N) is 1. The highest BCUT2D eigenvalue weighted by atomic mass is 79.9. The molecule has 0 unspecified atom stereocenters. The number of benzene rings is 2. The van der Waals surface area contributed by atoms with Gasteiger partial charge >= 0.3 is 0 Å². The van der Waals surface area contributed by atoms with Crippen LogP contribution in [0, 0.1) is 0 Å². The van der Waals surface area contributed by atoms with E-state index in [1.54, 1.807) is 14.2 Å². The van der Waals surface area contributed by atoms with Crippen LogP contribution >= 0.6 is 15.9 Å². The minimum Gasteiger partial charge on any atom is -0.493 e. The molecular weight excluding hydrogens is 372 g/mol. The van der Waals surface area contributed by atoms with Crippen molar-refractivity contribution in [2.75, 3.05) is 14.2 Å². The Morgan fingerprint density at radius 3 is 2.42 bits per heavy atom. The Morgan fingerprint density at radius 2 is 1.79 bits per heavy atom. The van der Waals surface area contributed by atoms with Crippen molar-refractivity contribution < 1.29 is 9.47 Å². The summed E-state index contributed by atoms with van der Waals surface area (Å²) >= 11 is 3.45. The number of amidine groups is 1. The van der Waals surface area contributed by atoms with E-state index < -0.39 is 0 Å². The molecule has 0 fully saturated rings. The number of hydrogen-bond acceptors (Lipinski definition) is 5. The third kappa shape index (κ3) is 3.07. The van der Waals surface area contributed by atoms with Crippen LogP contribution in [0.3, 0.4) is 0 Å². The number of methoxy groups -OCH3 is 2. The second-order valence-electron chi connectivity index (χ2n) is 5.20. The van der Waals surface area contributed by atoms with E-state index in [-0.39, 0.29) is 0 Å². The Labute approximate surface area is 148 Å². The van der Waals surface area contributed by atoms with Gasteiger partial charge in [0.15, 0.2) is 11.5 Å². The molecule has 124 valence electrons. The predicted molar refractivity (Wildman–Crippen MR) is 97.8 cm³/mol. The Kier molecular flexibility index (Phi) is 4.71. The summed E-state index contributed by atoms with van der Waals surface area (Å²) < 4.78 is 11.8. The molecular formula is C17H17BrN4O2. The highest BCUT2D eigenvalue weighted by Crippen LogP contribution is 2.33. The molecule has 0 amide bonds. The van der Waals surface area contributed by atoms with Crippen molar-refractivity contribution in [3.8, 4) is 11.5 Å². The van der Waals surface area contributed by atoms with Gasteiger partial charge in [0.25, 0.3) is 0 Å². The van der Waals surface area contributed by atoms with Crippen LogP contribution in [-0.4, -0.2) is 25.8 Å². The minimum atomic E-state index is 0.524. The second kappa shape index (κ2) is 6.92. The third-order valence-corrected chi connectivity index (χ3v) is 4.32. The molecule has 1 heterocycles. The minimum absolute atomic E-state index is 0.524. The fourth-order valence-corrected chi connectivity index (χ4v) is 2.86. The van der Waals surface area contributed by atoms with Gasteiger partial charge in [-0.25, -0.2) is 0 Å². The summed E-state index contributed by atoms with van der Waals surface area (Å²) in [6.07, 6.45) is 0.524. The van der Waals surface area contributed by atoms with Gasteiger partial charge in [-0.2, -0.15) is 10.2 Å². The molecule has 0 bridgehead atoms. The maximum absolute atomic E-state index is 5.45. The van der Waals surface area contributed by atoms with Crippen molar-refractivity contribution in [3.63, 3.8) is 0 Å². The smallest absolute Gasteiger partial charge is 0.161 e. The predicted octanol–water partition coefficient (Wildman–Crippen LogP) is 2.64. The summed E-state index contributed by atoms with van der Waals surface area (Å²) in [7, 11) is 3.23. The lowest BCUT2D eigenvalue weighted by molar-refractivity contribution is 0.354. The van der Waals surface area contributed by atoms with Gasteiger partial charge in [0, 0.05) is 22.0 Å². The summed E-state index contributed by atoms with van der Waals surface area (Å²) in [6.45, 7) is 0. The highest BCUT2D eigenvalue weighted by Gasteiger charge is 2.21. The Bertz CT molecular complexity index is 816. The first kappa shape index (κ1) is 16.3. The highest BCUT2D eigenvalue weighted by molar-refractivity contribution is 9.10. The Hall–Kier alpha value is -2.54. The molecule has 0 aliphatic carbocycles. The number of hydrogen-bond donors (Lipinski definition) is 2. The summed E-state index contributed by atoms with van der Waals surface area (Å²) in [5.41, 5.74) is 6.64.